The molecule has 0 aromatic heterocycles. The van der Waals surface area contributed by atoms with Gasteiger partial charge in [0.15, 0.2) is 0 Å². The summed E-state index contributed by atoms with van der Waals surface area (Å²) in [5.74, 6) is 2.51. The Morgan fingerprint density at radius 3 is 2.70 bits per heavy atom. The summed E-state index contributed by atoms with van der Waals surface area (Å²) < 4.78 is 0. The van der Waals surface area contributed by atoms with Gasteiger partial charge in [0.25, 0.3) is 0 Å². The van der Waals surface area contributed by atoms with E-state index in [0.717, 1.165) is 18.0 Å². The molecule has 5 heteroatoms. The second-order valence-corrected chi connectivity index (χ2v) is 8.63. The van der Waals surface area contributed by atoms with Crippen molar-refractivity contribution in [3.05, 3.63) is 33.8 Å². The lowest BCUT2D eigenvalue weighted by atomic mass is 10.0. The standard InChI is InChI=1S/C15H21Cl2NS2/c1-3-18-14(15-10(2)19-6-7-20-15)8-11-4-5-12(16)9-13(11)17/h4-5,9-10,14-15,18H,3,6-8H2,1-2H3. The lowest BCUT2D eigenvalue weighted by Gasteiger charge is -2.35. The molecule has 1 aliphatic heterocycles. The molecule has 0 spiro atoms. The Balaban J connectivity index is 2.11. The number of rotatable bonds is 5. The van der Waals surface area contributed by atoms with Gasteiger partial charge in [0, 0.05) is 38.1 Å². The zero-order valence-corrected chi connectivity index (χ0v) is 15.0. The fourth-order valence-electron chi connectivity index (χ4n) is 2.58. The van der Waals surface area contributed by atoms with Gasteiger partial charge in [0.05, 0.1) is 0 Å². The predicted octanol–water partition coefficient (Wildman–Crippen LogP) is 4.75. The van der Waals surface area contributed by atoms with Gasteiger partial charge in [-0.15, -0.1) is 0 Å². The van der Waals surface area contributed by atoms with Crippen molar-refractivity contribution in [1.29, 1.82) is 0 Å². The van der Waals surface area contributed by atoms with Crippen molar-refractivity contribution in [3.8, 4) is 0 Å². The highest BCUT2D eigenvalue weighted by molar-refractivity contribution is 8.07. The number of benzene rings is 1. The normalized spacial score (nSPS) is 24.6. The third kappa shape index (κ3) is 4.48. The minimum Gasteiger partial charge on any atom is -0.313 e. The van der Waals surface area contributed by atoms with Crippen molar-refractivity contribution in [3.63, 3.8) is 0 Å². The van der Waals surface area contributed by atoms with E-state index < -0.39 is 0 Å². The van der Waals surface area contributed by atoms with Crippen molar-refractivity contribution >= 4 is 46.7 Å². The summed E-state index contributed by atoms with van der Waals surface area (Å²) in [6.45, 7) is 5.50. The van der Waals surface area contributed by atoms with E-state index in [-0.39, 0.29) is 0 Å². The summed E-state index contributed by atoms with van der Waals surface area (Å²) in [4.78, 5) is 0. The highest BCUT2D eigenvalue weighted by Crippen LogP contribution is 2.34. The molecule has 0 saturated carbocycles. The van der Waals surface area contributed by atoms with E-state index in [1.54, 1.807) is 0 Å². The Morgan fingerprint density at radius 2 is 2.05 bits per heavy atom. The van der Waals surface area contributed by atoms with Gasteiger partial charge in [-0.2, -0.15) is 23.5 Å². The number of likely N-dealkylation sites (N-methyl/N-ethyl adjacent to an activating group) is 1. The first kappa shape index (κ1) is 16.8. The Morgan fingerprint density at radius 1 is 1.30 bits per heavy atom. The lowest BCUT2D eigenvalue weighted by Crippen LogP contribution is -2.45. The molecule has 1 N–H and O–H groups in total. The second kappa shape index (κ2) is 8.19. The van der Waals surface area contributed by atoms with Gasteiger partial charge in [-0.3, -0.25) is 0 Å². The van der Waals surface area contributed by atoms with E-state index in [1.165, 1.54) is 17.1 Å². The molecule has 1 fully saturated rings. The Kier molecular flexibility index (Phi) is 6.89. The van der Waals surface area contributed by atoms with E-state index in [2.05, 4.69) is 48.8 Å². The second-order valence-electron chi connectivity index (χ2n) is 5.02. The first-order valence-corrected chi connectivity index (χ1v) is 9.87. The molecule has 0 amide bonds. The van der Waals surface area contributed by atoms with E-state index >= 15 is 0 Å². The predicted molar refractivity (Wildman–Crippen MR) is 95.8 cm³/mol. The van der Waals surface area contributed by atoms with Crippen LogP contribution >= 0.6 is 46.7 Å². The van der Waals surface area contributed by atoms with Crippen molar-refractivity contribution < 1.29 is 0 Å². The van der Waals surface area contributed by atoms with Crippen molar-refractivity contribution in [2.24, 2.45) is 0 Å². The summed E-state index contributed by atoms with van der Waals surface area (Å²) in [5.41, 5.74) is 1.19. The molecule has 3 unspecified atom stereocenters. The van der Waals surface area contributed by atoms with Crippen LogP contribution in [0.25, 0.3) is 0 Å². The number of halogens is 2. The molecule has 3 atom stereocenters. The maximum atomic E-state index is 6.32. The van der Waals surface area contributed by atoms with Gasteiger partial charge in [0.2, 0.25) is 0 Å². The van der Waals surface area contributed by atoms with E-state index in [1.807, 2.05) is 12.1 Å². The highest BCUT2D eigenvalue weighted by atomic mass is 35.5. The summed E-state index contributed by atoms with van der Waals surface area (Å²) in [5, 5.41) is 6.45. The molecule has 112 valence electrons. The smallest absolute Gasteiger partial charge is 0.0453 e. The van der Waals surface area contributed by atoms with Crippen LogP contribution in [-0.4, -0.2) is 34.6 Å². The van der Waals surface area contributed by atoms with Gasteiger partial charge in [-0.1, -0.05) is 43.1 Å². The van der Waals surface area contributed by atoms with Crippen LogP contribution in [0.15, 0.2) is 18.2 Å². The molecule has 1 aromatic carbocycles. The maximum absolute atomic E-state index is 6.32. The van der Waals surface area contributed by atoms with Crippen LogP contribution < -0.4 is 5.32 Å². The molecule has 1 aliphatic rings. The lowest BCUT2D eigenvalue weighted by molar-refractivity contribution is 0.501. The molecule has 0 aliphatic carbocycles. The summed E-state index contributed by atoms with van der Waals surface area (Å²) >= 11 is 16.5. The Bertz CT molecular complexity index is 442. The van der Waals surface area contributed by atoms with Crippen molar-refractivity contribution in [2.45, 2.75) is 36.8 Å². The molecule has 0 radical (unpaired) electrons. The summed E-state index contributed by atoms with van der Waals surface area (Å²) in [6, 6.07) is 6.29. The van der Waals surface area contributed by atoms with Gasteiger partial charge >= 0.3 is 0 Å². The van der Waals surface area contributed by atoms with Gasteiger partial charge in [-0.25, -0.2) is 0 Å². The molecule has 1 nitrogen and oxygen atoms in total. The van der Waals surface area contributed by atoms with Crippen molar-refractivity contribution in [2.75, 3.05) is 18.1 Å². The molecule has 1 aromatic rings. The van der Waals surface area contributed by atoms with Crippen molar-refractivity contribution in [1.82, 2.24) is 5.32 Å². The van der Waals surface area contributed by atoms with Crippen LogP contribution in [0, 0.1) is 0 Å². The number of hydrogen-bond donors (Lipinski definition) is 1. The average Bonchev–Trinajstić information content (AvgIpc) is 2.42. The highest BCUT2D eigenvalue weighted by Gasteiger charge is 2.30. The molecule has 1 heterocycles. The molecule has 0 bridgehead atoms. The number of thioether (sulfide) groups is 2. The minimum atomic E-state index is 0.464. The van der Waals surface area contributed by atoms with E-state index in [0.29, 0.717) is 21.6 Å². The van der Waals surface area contributed by atoms with Crippen LogP contribution in [0.3, 0.4) is 0 Å². The fraction of sp³-hybridized carbons (Fsp3) is 0.600. The maximum Gasteiger partial charge on any atom is 0.0453 e. The zero-order chi connectivity index (χ0) is 14.5. The van der Waals surface area contributed by atoms with Gasteiger partial charge < -0.3 is 5.32 Å². The first-order valence-electron chi connectivity index (χ1n) is 7.02. The van der Waals surface area contributed by atoms with E-state index in [4.69, 9.17) is 23.2 Å². The van der Waals surface area contributed by atoms with Crippen LogP contribution in [0.5, 0.6) is 0 Å². The Hall–Kier alpha value is 0.460. The number of hydrogen-bond acceptors (Lipinski definition) is 3. The summed E-state index contributed by atoms with van der Waals surface area (Å²) in [6.07, 6.45) is 0.965. The SMILES string of the molecule is CCNC(Cc1ccc(Cl)cc1Cl)C1SCCSC1C. The van der Waals surface area contributed by atoms with Crippen LogP contribution in [-0.2, 0) is 6.42 Å². The molecular formula is C15H21Cl2NS2. The fourth-order valence-corrected chi connectivity index (χ4v) is 6.03. The molecule has 2 rings (SSSR count). The van der Waals surface area contributed by atoms with E-state index in [9.17, 15) is 0 Å². The quantitative estimate of drug-likeness (QED) is 0.823. The van der Waals surface area contributed by atoms with Gasteiger partial charge in [0.1, 0.15) is 0 Å². The third-order valence-corrected chi connectivity index (χ3v) is 7.39. The molecule has 20 heavy (non-hydrogen) atoms. The van der Waals surface area contributed by atoms with Gasteiger partial charge in [-0.05, 0) is 30.7 Å². The molecule has 1 saturated heterocycles. The largest absolute Gasteiger partial charge is 0.313 e. The van der Waals surface area contributed by atoms with Crippen LogP contribution in [0.4, 0.5) is 0 Å². The summed E-state index contributed by atoms with van der Waals surface area (Å²) in [7, 11) is 0. The Labute approximate surface area is 140 Å². The van der Waals surface area contributed by atoms with Crippen LogP contribution in [0.1, 0.15) is 19.4 Å². The topological polar surface area (TPSA) is 12.0 Å². The minimum absolute atomic E-state index is 0.464. The van der Waals surface area contributed by atoms with Crippen LogP contribution in [0.2, 0.25) is 10.0 Å². The molecular weight excluding hydrogens is 329 g/mol. The number of nitrogens with one attached hydrogen (secondary N) is 1. The first-order chi connectivity index (χ1) is 9.61. The zero-order valence-electron chi connectivity index (χ0n) is 11.9. The average molecular weight is 350 g/mol. The third-order valence-electron chi connectivity index (χ3n) is 3.55. The monoisotopic (exact) mass is 349 g/mol.